The molecule has 10 heteroatoms. The second-order valence-corrected chi connectivity index (χ2v) is 11.6. The van der Waals surface area contributed by atoms with Crippen LogP contribution >= 0.6 is 11.6 Å². The van der Waals surface area contributed by atoms with Crippen molar-refractivity contribution in [2.75, 3.05) is 31.3 Å². The van der Waals surface area contributed by atoms with E-state index in [0.29, 0.717) is 40.4 Å². The number of likely N-dealkylation sites (N-methyl/N-ethyl adjacent to an activating group) is 1. The van der Waals surface area contributed by atoms with Gasteiger partial charge in [-0.25, -0.2) is 9.97 Å². The molecule has 218 valence electrons. The maximum absolute atomic E-state index is 13.1. The molecule has 1 fully saturated rings. The number of H-pyrrole nitrogens is 1. The van der Waals surface area contributed by atoms with E-state index in [9.17, 15) is 9.59 Å². The summed E-state index contributed by atoms with van der Waals surface area (Å²) in [4.78, 5) is 39.6. The van der Waals surface area contributed by atoms with Gasteiger partial charge in [-0.15, -0.1) is 0 Å². The number of rotatable bonds is 9. The number of carbonyl (C=O) groups excluding carboxylic acids is 2. The lowest BCUT2D eigenvalue weighted by Gasteiger charge is -2.34. The maximum Gasteiger partial charge on any atom is 0.251 e. The molecule has 0 unspecified atom stereocenters. The molecule has 42 heavy (non-hydrogen) atoms. The van der Waals surface area contributed by atoms with Crippen LogP contribution in [0, 0.1) is 5.92 Å². The molecule has 2 amide bonds. The third-order valence-corrected chi connectivity index (χ3v) is 7.63. The zero-order chi connectivity index (χ0) is 29.6. The van der Waals surface area contributed by atoms with Crippen molar-refractivity contribution >= 4 is 46.0 Å². The number of aromatic nitrogens is 3. The zero-order valence-corrected chi connectivity index (χ0v) is 24.8. The number of benzene rings is 2. The average Bonchev–Trinajstić information content (AvgIpc) is 3.38. The first kappa shape index (κ1) is 29.3. The highest BCUT2D eigenvalue weighted by Crippen LogP contribution is 2.33. The van der Waals surface area contributed by atoms with Gasteiger partial charge in [0.2, 0.25) is 11.9 Å². The number of fused-ring (bicyclic) bond motifs is 1. The van der Waals surface area contributed by atoms with E-state index in [1.54, 1.807) is 36.5 Å². The van der Waals surface area contributed by atoms with Crippen LogP contribution in [0.15, 0.2) is 73.1 Å². The number of anilines is 2. The van der Waals surface area contributed by atoms with Crippen LogP contribution < -0.4 is 16.0 Å². The first-order valence-electron chi connectivity index (χ1n) is 14.1. The first-order chi connectivity index (χ1) is 20.2. The van der Waals surface area contributed by atoms with Crippen LogP contribution in [-0.2, 0) is 4.79 Å². The predicted molar refractivity (Wildman–Crippen MR) is 169 cm³/mol. The van der Waals surface area contributed by atoms with Gasteiger partial charge in [-0.2, -0.15) is 0 Å². The summed E-state index contributed by atoms with van der Waals surface area (Å²) in [7, 11) is 3.87. The van der Waals surface area contributed by atoms with Crippen LogP contribution in [0.1, 0.15) is 36.5 Å². The van der Waals surface area contributed by atoms with Crippen molar-refractivity contribution in [3.05, 3.63) is 83.7 Å². The maximum atomic E-state index is 13.1. The minimum atomic E-state index is -0.206. The van der Waals surface area contributed by atoms with Gasteiger partial charge in [0.1, 0.15) is 0 Å². The molecule has 0 spiro atoms. The molecule has 0 radical (unpaired) electrons. The number of amides is 2. The molecule has 4 aromatic rings. The summed E-state index contributed by atoms with van der Waals surface area (Å²) in [5, 5.41) is 11.0. The highest BCUT2D eigenvalue weighted by atomic mass is 35.5. The van der Waals surface area contributed by atoms with Crippen LogP contribution in [0.25, 0.3) is 22.2 Å². The summed E-state index contributed by atoms with van der Waals surface area (Å²) in [6.07, 6.45) is 9.43. The lowest BCUT2D eigenvalue weighted by Crippen LogP contribution is -2.44. The quantitative estimate of drug-likeness (QED) is 0.186. The molecule has 1 aliphatic carbocycles. The topological polar surface area (TPSA) is 115 Å². The number of para-hydroxylation sites is 1. The Morgan fingerprint density at radius 3 is 2.62 bits per heavy atom. The highest BCUT2D eigenvalue weighted by Gasteiger charge is 2.28. The molecular formula is C32H36ClN7O2. The molecule has 2 heterocycles. The number of carbonyl (C=O) groups is 2. The summed E-state index contributed by atoms with van der Waals surface area (Å²) >= 11 is 6.52. The molecule has 0 saturated heterocycles. The van der Waals surface area contributed by atoms with Crippen LogP contribution in [-0.4, -0.2) is 64.4 Å². The Morgan fingerprint density at radius 1 is 1.07 bits per heavy atom. The second kappa shape index (κ2) is 13.2. The monoisotopic (exact) mass is 585 g/mol. The standard InChI is InChI=1S/C32H36ClN7O2/c1-20-15-23(37-31(42)21-10-12-22(13-11-21)36-29(41)9-6-14-40(2)3)17-24(16-20)38-32-35-19-27(33)30(39-32)26-18-34-28-8-5-4-7-25(26)28/h4-13,18-20,23-24,34H,14-17H2,1-3H3,(H,36,41)(H,37,42)(H,35,38,39)/b9-6+/t20-,23+,24-/m0/s1. The summed E-state index contributed by atoms with van der Waals surface area (Å²) in [5.74, 6) is 0.570. The molecule has 2 aromatic heterocycles. The number of nitrogens with one attached hydrogen (secondary N) is 4. The number of nitrogens with zero attached hydrogens (tertiary/aromatic N) is 3. The van der Waals surface area contributed by atoms with Crippen molar-refractivity contribution in [3.63, 3.8) is 0 Å². The van der Waals surface area contributed by atoms with E-state index < -0.39 is 0 Å². The fourth-order valence-electron chi connectivity index (χ4n) is 5.44. The van der Waals surface area contributed by atoms with E-state index in [0.717, 1.165) is 35.7 Å². The van der Waals surface area contributed by atoms with Gasteiger partial charge in [0.25, 0.3) is 5.91 Å². The van der Waals surface area contributed by atoms with Gasteiger partial charge in [0.15, 0.2) is 0 Å². The Labute approximate surface area is 250 Å². The molecular weight excluding hydrogens is 550 g/mol. The SMILES string of the molecule is C[C@H]1C[C@@H](NC(=O)c2ccc(NC(=O)/C=C/CN(C)C)cc2)C[C@@H](Nc2ncc(Cl)c(-c3c[nH]c4ccccc34)n2)C1. The van der Waals surface area contributed by atoms with Gasteiger partial charge >= 0.3 is 0 Å². The molecule has 4 N–H and O–H groups in total. The largest absolute Gasteiger partial charge is 0.360 e. The van der Waals surface area contributed by atoms with Crippen molar-refractivity contribution < 1.29 is 9.59 Å². The van der Waals surface area contributed by atoms with Crippen molar-refractivity contribution in [2.45, 2.75) is 38.3 Å². The predicted octanol–water partition coefficient (Wildman–Crippen LogP) is 5.73. The van der Waals surface area contributed by atoms with Gasteiger partial charge in [0, 0.05) is 58.6 Å². The summed E-state index contributed by atoms with van der Waals surface area (Å²) in [5.41, 5.74) is 3.79. The second-order valence-electron chi connectivity index (χ2n) is 11.2. The summed E-state index contributed by atoms with van der Waals surface area (Å²) in [6, 6.07) is 15.1. The highest BCUT2D eigenvalue weighted by molar-refractivity contribution is 6.33. The van der Waals surface area contributed by atoms with Crippen molar-refractivity contribution in [1.29, 1.82) is 0 Å². The lowest BCUT2D eigenvalue weighted by atomic mass is 9.83. The van der Waals surface area contributed by atoms with Gasteiger partial charge in [0.05, 0.1) is 16.9 Å². The third-order valence-electron chi connectivity index (χ3n) is 7.35. The van der Waals surface area contributed by atoms with E-state index in [1.165, 1.54) is 6.08 Å². The Hall–Kier alpha value is -4.21. The molecule has 1 aliphatic rings. The number of hydrogen-bond donors (Lipinski definition) is 4. The van der Waals surface area contributed by atoms with Crippen LogP contribution in [0.3, 0.4) is 0 Å². The van der Waals surface area contributed by atoms with E-state index in [2.05, 4.69) is 32.8 Å². The summed E-state index contributed by atoms with van der Waals surface area (Å²) in [6.45, 7) is 2.87. The molecule has 0 aliphatic heterocycles. The van der Waals surface area contributed by atoms with Crippen molar-refractivity contribution in [3.8, 4) is 11.3 Å². The van der Waals surface area contributed by atoms with Gasteiger partial charge < -0.3 is 25.8 Å². The number of halogens is 1. The van der Waals surface area contributed by atoms with E-state index >= 15 is 0 Å². The minimum absolute atomic E-state index is 0.000325. The average molecular weight is 586 g/mol. The third kappa shape index (κ3) is 7.35. The summed E-state index contributed by atoms with van der Waals surface area (Å²) < 4.78 is 0. The van der Waals surface area contributed by atoms with Crippen molar-refractivity contribution in [1.82, 2.24) is 25.2 Å². The van der Waals surface area contributed by atoms with Crippen LogP contribution in [0.5, 0.6) is 0 Å². The minimum Gasteiger partial charge on any atom is -0.360 e. The van der Waals surface area contributed by atoms with E-state index in [4.69, 9.17) is 16.6 Å². The zero-order valence-electron chi connectivity index (χ0n) is 24.0. The molecule has 0 bridgehead atoms. The van der Waals surface area contributed by atoms with E-state index in [1.807, 2.05) is 49.5 Å². The normalized spacial score (nSPS) is 18.8. The van der Waals surface area contributed by atoms with Gasteiger partial charge in [-0.05, 0) is 69.6 Å². The van der Waals surface area contributed by atoms with Crippen LogP contribution in [0.2, 0.25) is 5.02 Å². The Morgan fingerprint density at radius 2 is 1.83 bits per heavy atom. The number of aromatic amines is 1. The molecule has 2 aromatic carbocycles. The first-order valence-corrected chi connectivity index (χ1v) is 14.5. The number of hydrogen-bond acceptors (Lipinski definition) is 6. The van der Waals surface area contributed by atoms with Crippen molar-refractivity contribution in [2.24, 2.45) is 5.92 Å². The molecule has 3 atom stereocenters. The van der Waals surface area contributed by atoms with Crippen LogP contribution in [0.4, 0.5) is 11.6 Å². The Bertz CT molecular complexity index is 1580. The molecule has 9 nitrogen and oxygen atoms in total. The Kier molecular flexibility index (Phi) is 9.19. The van der Waals surface area contributed by atoms with Gasteiger partial charge in [-0.3, -0.25) is 9.59 Å². The van der Waals surface area contributed by atoms with Gasteiger partial charge in [-0.1, -0.05) is 42.8 Å². The molecule has 5 rings (SSSR count). The fourth-order valence-corrected chi connectivity index (χ4v) is 5.64. The smallest absolute Gasteiger partial charge is 0.251 e. The Balaban J connectivity index is 1.20. The lowest BCUT2D eigenvalue weighted by molar-refractivity contribution is -0.111. The van der Waals surface area contributed by atoms with E-state index in [-0.39, 0.29) is 23.9 Å². The molecule has 1 saturated carbocycles. The fraction of sp³-hybridized carbons (Fsp3) is 0.312.